The maximum absolute atomic E-state index is 13.1. The summed E-state index contributed by atoms with van der Waals surface area (Å²) in [6, 6.07) is 3.21. The van der Waals surface area contributed by atoms with Crippen LogP contribution in [0.1, 0.15) is 15.9 Å². The largest absolute Gasteiger partial charge is 0.348 e. The Morgan fingerprint density at radius 3 is 3.00 bits per heavy atom. The molecule has 0 bridgehead atoms. The zero-order valence-electron chi connectivity index (χ0n) is 6.65. The molecule has 0 saturated carbocycles. The van der Waals surface area contributed by atoms with Gasteiger partial charge in [0.1, 0.15) is 13.7 Å². The van der Waals surface area contributed by atoms with Crippen molar-refractivity contribution in [1.29, 1.82) is 0 Å². The van der Waals surface area contributed by atoms with Crippen molar-refractivity contribution in [3.63, 3.8) is 0 Å². The number of fused-ring (bicyclic) bond motifs is 1. The van der Waals surface area contributed by atoms with Crippen molar-refractivity contribution in [3.05, 3.63) is 29.1 Å². The lowest BCUT2D eigenvalue weighted by Gasteiger charge is -1.99. The second kappa shape index (κ2) is 2.34. The molecule has 0 aliphatic carbocycles. The zero-order chi connectivity index (χ0) is 8.72. The Hall–Kier alpha value is -1.32. The number of hydrogen-bond acceptors (Lipinski definition) is 1. The van der Waals surface area contributed by atoms with Gasteiger partial charge in [-0.15, -0.1) is 0 Å². The predicted octanol–water partition coefficient (Wildman–Crippen LogP) is -0.673. The summed E-state index contributed by atoms with van der Waals surface area (Å²) in [5, 5.41) is 2.57. The Morgan fingerprint density at radius 1 is 1.50 bits per heavy atom. The Morgan fingerprint density at radius 2 is 2.25 bits per heavy atom. The van der Waals surface area contributed by atoms with Crippen LogP contribution >= 0.6 is 0 Å². The molecule has 0 fully saturated rings. The Balaban J connectivity index is 2.68. The topological polar surface area (TPSA) is 29.1 Å². The van der Waals surface area contributed by atoms with Crippen molar-refractivity contribution in [1.82, 2.24) is 5.32 Å². The molecule has 0 atom stereocenters. The third kappa shape index (κ3) is 0.914. The molecule has 0 unspecified atom stereocenters. The molecule has 2 rings (SSSR count). The van der Waals surface area contributed by atoms with E-state index >= 15 is 0 Å². The summed E-state index contributed by atoms with van der Waals surface area (Å²) in [6.45, 7) is 0.451. The van der Waals surface area contributed by atoms with E-state index < -0.39 is 5.82 Å². The van der Waals surface area contributed by atoms with E-state index in [9.17, 15) is 9.18 Å². The van der Waals surface area contributed by atoms with Gasteiger partial charge < -0.3 is 5.32 Å². The number of rotatable bonds is 0. The average Bonchev–Trinajstić information content (AvgIpc) is 2.31. The van der Waals surface area contributed by atoms with Gasteiger partial charge in [-0.3, -0.25) is 4.79 Å². The maximum atomic E-state index is 13.1. The lowest BCUT2D eigenvalue weighted by Crippen LogP contribution is -2.13. The van der Waals surface area contributed by atoms with Gasteiger partial charge in [0.15, 0.2) is 0 Å². The zero-order valence-corrected chi connectivity index (χ0v) is 6.65. The van der Waals surface area contributed by atoms with Gasteiger partial charge in [0.2, 0.25) is 0 Å². The van der Waals surface area contributed by atoms with Crippen LogP contribution < -0.4 is 10.8 Å². The molecule has 0 radical (unpaired) electrons. The highest BCUT2D eigenvalue weighted by molar-refractivity contribution is 6.32. The molecule has 1 aromatic carbocycles. The van der Waals surface area contributed by atoms with E-state index in [0.717, 1.165) is 11.0 Å². The summed E-state index contributed by atoms with van der Waals surface area (Å²) in [4.78, 5) is 11.0. The van der Waals surface area contributed by atoms with Crippen molar-refractivity contribution in [2.75, 3.05) is 0 Å². The number of halogens is 1. The van der Waals surface area contributed by atoms with Crippen LogP contribution in [-0.2, 0) is 6.54 Å². The Labute approximate surface area is 70.2 Å². The molecule has 1 aliphatic heterocycles. The van der Waals surface area contributed by atoms with Crippen molar-refractivity contribution in [2.45, 2.75) is 6.54 Å². The Bertz CT molecular complexity index is 364. The number of carbonyl (C=O) groups excluding carboxylic acids is 1. The van der Waals surface area contributed by atoms with Gasteiger partial charge in [0.05, 0.1) is 5.56 Å². The third-order valence-electron chi connectivity index (χ3n) is 1.98. The molecular weight excluding hydrogens is 156 g/mol. The van der Waals surface area contributed by atoms with Gasteiger partial charge in [-0.25, -0.2) is 4.39 Å². The minimum absolute atomic E-state index is 0.209. The molecule has 1 heterocycles. The highest BCUT2D eigenvalue weighted by Gasteiger charge is 2.22. The lowest BCUT2D eigenvalue weighted by atomic mass is 9.92. The normalized spacial score (nSPS) is 14.2. The van der Waals surface area contributed by atoms with Crippen LogP contribution in [-0.4, -0.2) is 13.8 Å². The van der Waals surface area contributed by atoms with E-state index in [1.807, 2.05) is 13.9 Å². The molecule has 0 aromatic heterocycles. The standard InChI is InChI=1S/C8H7BFNO/c9-5-1-4-3-11-8(12)7(4)6(10)2-5/h1-2H,3,9H2,(H,11,12). The summed E-state index contributed by atoms with van der Waals surface area (Å²) in [5.41, 5.74) is 1.82. The summed E-state index contributed by atoms with van der Waals surface area (Å²) < 4.78 is 13.1. The highest BCUT2D eigenvalue weighted by Crippen LogP contribution is 2.16. The molecule has 12 heavy (non-hydrogen) atoms. The van der Waals surface area contributed by atoms with Gasteiger partial charge in [-0.05, 0) is 11.6 Å². The van der Waals surface area contributed by atoms with Crippen LogP contribution in [0.15, 0.2) is 12.1 Å². The number of hydrogen-bond donors (Lipinski definition) is 1. The molecule has 0 saturated heterocycles. The van der Waals surface area contributed by atoms with E-state index in [1.54, 1.807) is 0 Å². The second-order valence-electron chi connectivity index (χ2n) is 2.96. The smallest absolute Gasteiger partial charge is 0.254 e. The van der Waals surface area contributed by atoms with Crippen LogP contribution in [0.5, 0.6) is 0 Å². The first-order valence-corrected chi connectivity index (χ1v) is 3.75. The third-order valence-corrected chi connectivity index (χ3v) is 1.98. The first-order chi connectivity index (χ1) is 5.68. The predicted molar refractivity (Wildman–Crippen MR) is 45.7 cm³/mol. The van der Waals surface area contributed by atoms with Gasteiger partial charge >= 0.3 is 0 Å². The minimum atomic E-state index is -0.417. The van der Waals surface area contributed by atoms with Crippen LogP contribution in [0.2, 0.25) is 0 Å². The van der Waals surface area contributed by atoms with E-state index in [-0.39, 0.29) is 11.5 Å². The van der Waals surface area contributed by atoms with Gasteiger partial charge in [0.25, 0.3) is 5.91 Å². The molecule has 1 aliphatic rings. The summed E-state index contributed by atoms with van der Waals surface area (Å²) in [6.07, 6.45) is 0. The van der Waals surface area contributed by atoms with Gasteiger partial charge in [-0.2, -0.15) is 0 Å². The summed E-state index contributed by atoms with van der Waals surface area (Å²) >= 11 is 0. The number of carbonyl (C=O) groups is 1. The number of benzene rings is 1. The SMILES string of the molecule is Bc1cc(F)c2c(c1)CNC2=O. The molecule has 4 heteroatoms. The van der Waals surface area contributed by atoms with Crippen molar-refractivity contribution in [3.8, 4) is 0 Å². The fraction of sp³-hybridized carbons (Fsp3) is 0.125. The first-order valence-electron chi connectivity index (χ1n) is 3.75. The molecule has 1 N–H and O–H groups in total. The van der Waals surface area contributed by atoms with Crippen LogP contribution in [0.4, 0.5) is 4.39 Å². The van der Waals surface area contributed by atoms with Crippen molar-refractivity contribution in [2.24, 2.45) is 0 Å². The molecule has 2 nitrogen and oxygen atoms in total. The highest BCUT2D eigenvalue weighted by atomic mass is 19.1. The minimum Gasteiger partial charge on any atom is -0.348 e. The van der Waals surface area contributed by atoms with Crippen LogP contribution in [0, 0.1) is 5.82 Å². The second-order valence-corrected chi connectivity index (χ2v) is 2.96. The van der Waals surface area contributed by atoms with Crippen LogP contribution in [0.3, 0.4) is 0 Å². The summed E-state index contributed by atoms with van der Waals surface area (Å²) in [7, 11) is 1.81. The Kier molecular flexibility index (Phi) is 1.43. The molecule has 60 valence electrons. The maximum Gasteiger partial charge on any atom is 0.254 e. The van der Waals surface area contributed by atoms with Crippen molar-refractivity contribution < 1.29 is 9.18 Å². The van der Waals surface area contributed by atoms with E-state index in [0.29, 0.717) is 6.54 Å². The average molecular weight is 163 g/mol. The van der Waals surface area contributed by atoms with Gasteiger partial charge in [0, 0.05) is 6.54 Å². The van der Waals surface area contributed by atoms with Gasteiger partial charge in [-0.1, -0.05) is 11.5 Å². The van der Waals surface area contributed by atoms with Crippen molar-refractivity contribution >= 4 is 19.2 Å². The molecule has 1 aromatic rings. The fourth-order valence-corrected chi connectivity index (χ4v) is 1.47. The fourth-order valence-electron chi connectivity index (χ4n) is 1.47. The monoisotopic (exact) mass is 163 g/mol. The van der Waals surface area contributed by atoms with E-state index in [4.69, 9.17) is 0 Å². The van der Waals surface area contributed by atoms with Crippen LogP contribution in [0.25, 0.3) is 0 Å². The van der Waals surface area contributed by atoms with E-state index in [2.05, 4.69) is 5.32 Å². The number of nitrogens with one attached hydrogen (secondary N) is 1. The van der Waals surface area contributed by atoms with E-state index in [1.165, 1.54) is 6.07 Å². The lowest BCUT2D eigenvalue weighted by molar-refractivity contribution is 0.0962. The molecule has 1 amide bonds. The molecular formula is C8H7BFNO. The number of amides is 1. The summed E-state index contributed by atoms with van der Waals surface area (Å²) in [5.74, 6) is -0.720. The first kappa shape index (κ1) is 7.34. The quantitative estimate of drug-likeness (QED) is 0.504. The molecule has 0 spiro atoms.